The highest BCUT2D eigenvalue weighted by Crippen LogP contribution is 2.32. The Morgan fingerprint density at radius 2 is 1.96 bits per heavy atom. The van der Waals surface area contributed by atoms with Crippen LogP contribution in [0.4, 0.5) is 0 Å². The normalized spacial score (nSPS) is 25.1. The molecule has 2 aliphatic heterocycles. The molecule has 6 nitrogen and oxygen atoms in total. The summed E-state index contributed by atoms with van der Waals surface area (Å²) in [6, 6.07) is 6.05. The molecular weight excluding hydrogens is 308 g/mol. The zero-order valence-electron chi connectivity index (χ0n) is 14.7. The number of benzene rings is 1. The van der Waals surface area contributed by atoms with Crippen molar-refractivity contribution < 1.29 is 19.0 Å². The van der Waals surface area contributed by atoms with Gasteiger partial charge in [0.1, 0.15) is 18.1 Å². The van der Waals surface area contributed by atoms with Crippen molar-refractivity contribution in [2.45, 2.75) is 19.0 Å². The Morgan fingerprint density at radius 1 is 1.25 bits per heavy atom. The van der Waals surface area contributed by atoms with Crippen molar-refractivity contribution in [2.75, 3.05) is 47.6 Å². The lowest BCUT2D eigenvalue weighted by Crippen LogP contribution is -2.52. The van der Waals surface area contributed by atoms with E-state index in [0.29, 0.717) is 12.5 Å². The highest BCUT2D eigenvalue weighted by molar-refractivity contribution is 5.77. The van der Waals surface area contributed by atoms with E-state index in [2.05, 4.69) is 4.90 Å². The second-order valence-electron chi connectivity index (χ2n) is 6.51. The number of piperidine rings is 1. The smallest absolute Gasteiger partial charge is 0.248 e. The van der Waals surface area contributed by atoms with Crippen LogP contribution in [0.15, 0.2) is 18.2 Å². The summed E-state index contributed by atoms with van der Waals surface area (Å²) in [4.78, 5) is 16.3. The largest absolute Gasteiger partial charge is 0.496 e. The van der Waals surface area contributed by atoms with Crippen molar-refractivity contribution in [1.82, 2.24) is 9.80 Å². The molecule has 0 bridgehead atoms. The predicted octanol–water partition coefficient (Wildman–Crippen LogP) is 1.38. The lowest BCUT2D eigenvalue weighted by atomic mass is 9.91. The number of amides is 1. The molecule has 1 amide bonds. The van der Waals surface area contributed by atoms with E-state index in [1.165, 1.54) is 0 Å². The second-order valence-corrected chi connectivity index (χ2v) is 6.51. The molecule has 1 aromatic carbocycles. The Bertz CT molecular complexity index is 570. The highest BCUT2D eigenvalue weighted by Gasteiger charge is 2.36. The van der Waals surface area contributed by atoms with Crippen LogP contribution in [0.1, 0.15) is 12.0 Å². The maximum absolute atomic E-state index is 12.1. The van der Waals surface area contributed by atoms with E-state index in [0.717, 1.165) is 43.1 Å². The molecule has 24 heavy (non-hydrogen) atoms. The summed E-state index contributed by atoms with van der Waals surface area (Å²) < 4.78 is 16.5. The third-order valence-electron chi connectivity index (χ3n) is 5.17. The maximum Gasteiger partial charge on any atom is 0.248 e. The van der Waals surface area contributed by atoms with Crippen LogP contribution >= 0.6 is 0 Å². The van der Waals surface area contributed by atoms with Crippen LogP contribution in [0.3, 0.4) is 0 Å². The highest BCUT2D eigenvalue weighted by atomic mass is 16.5. The molecule has 2 aliphatic rings. The molecule has 0 saturated carbocycles. The van der Waals surface area contributed by atoms with Crippen LogP contribution in [0.25, 0.3) is 0 Å². The Labute approximate surface area is 143 Å². The topological polar surface area (TPSA) is 51.2 Å². The zero-order valence-corrected chi connectivity index (χ0v) is 14.7. The van der Waals surface area contributed by atoms with E-state index in [-0.39, 0.29) is 18.6 Å². The number of hydrogen-bond acceptors (Lipinski definition) is 5. The first-order chi connectivity index (χ1) is 11.6. The molecule has 6 heteroatoms. The molecule has 2 fully saturated rings. The van der Waals surface area contributed by atoms with Gasteiger partial charge in [0.15, 0.2) is 0 Å². The van der Waals surface area contributed by atoms with Crippen molar-refractivity contribution in [1.29, 1.82) is 0 Å². The predicted molar refractivity (Wildman–Crippen MR) is 90.3 cm³/mol. The molecule has 0 aromatic heterocycles. The van der Waals surface area contributed by atoms with Gasteiger partial charge in [-0.3, -0.25) is 9.69 Å². The minimum absolute atomic E-state index is 0.0687. The SMILES string of the molecule is COc1cccc(OC)c1CN1CC[C@H]2COCC(=O)N(C)[C@H]2C1. The number of carbonyl (C=O) groups is 1. The molecule has 132 valence electrons. The van der Waals surface area contributed by atoms with E-state index in [9.17, 15) is 4.79 Å². The molecule has 1 aromatic rings. The minimum atomic E-state index is 0.0687. The number of ether oxygens (including phenoxy) is 3. The third-order valence-corrected chi connectivity index (χ3v) is 5.17. The van der Waals surface area contributed by atoms with Crippen molar-refractivity contribution in [3.8, 4) is 11.5 Å². The summed E-state index contributed by atoms with van der Waals surface area (Å²) in [5.74, 6) is 2.16. The van der Waals surface area contributed by atoms with Gasteiger partial charge in [-0.15, -0.1) is 0 Å². The monoisotopic (exact) mass is 334 g/mol. The average Bonchev–Trinajstić information content (AvgIpc) is 2.74. The van der Waals surface area contributed by atoms with Crippen LogP contribution in [-0.4, -0.2) is 69.3 Å². The van der Waals surface area contributed by atoms with E-state index in [1.807, 2.05) is 30.1 Å². The number of nitrogens with zero attached hydrogens (tertiary/aromatic N) is 2. The lowest BCUT2D eigenvalue weighted by Gasteiger charge is -2.41. The summed E-state index contributed by atoms with van der Waals surface area (Å²) in [7, 11) is 5.25. The molecule has 0 unspecified atom stereocenters. The standard InChI is InChI=1S/C18H26N2O4/c1-19-15-10-20(8-7-13(15)11-24-12-18(19)21)9-14-16(22-2)5-4-6-17(14)23-3/h4-6,13,15H,7-12H2,1-3H3/t13-,15-/m0/s1. The van der Waals surface area contributed by atoms with E-state index < -0.39 is 0 Å². The number of fused-ring (bicyclic) bond motifs is 1. The first-order valence-corrected chi connectivity index (χ1v) is 8.39. The molecule has 0 N–H and O–H groups in total. The Kier molecular flexibility index (Phi) is 5.26. The maximum atomic E-state index is 12.1. The number of rotatable bonds is 4. The van der Waals surface area contributed by atoms with Gasteiger partial charge >= 0.3 is 0 Å². The Morgan fingerprint density at radius 3 is 2.62 bits per heavy atom. The molecule has 2 heterocycles. The molecule has 0 aliphatic carbocycles. The summed E-state index contributed by atoms with van der Waals surface area (Å²) in [5.41, 5.74) is 1.06. The fourth-order valence-electron chi connectivity index (χ4n) is 3.71. The Hall–Kier alpha value is -1.79. The first kappa shape index (κ1) is 17.0. The van der Waals surface area contributed by atoms with Gasteiger partial charge in [0.05, 0.1) is 26.4 Å². The van der Waals surface area contributed by atoms with Crippen LogP contribution in [0.5, 0.6) is 11.5 Å². The molecule has 0 radical (unpaired) electrons. The Balaban J connectivity index is 1.77. The van der Waals surface area contributed by atoms with Gasteiger partial charge in [-0.05, 0) is 25.1 Å². The van der Waals surface area contributed by atoms with Gasteiger partial charge in [0.2, 0.25) is 5.91 Å². The molecule has 2 saturated heterocycles. The van der Waals surface area contributed by atoms with Crippen molar-refractivity contribution in [3.63, 3.8) is 0 Å². The number of hydrogen-bond donors (Lipinski definition) is 0. The van der Waals surface area contributed by atoms with Crippen molar-refractivity contribution in [2.24, 2.45) is 5.92 Å². The van der Waals surface area contributed by atoms with Crippen LogP contribution < -0.4 is 9.47 Å². The minimum Gasteiger partial charge on any atom is -0.496 e. The van der Waals surface area contributed by atoms with Gasteiger partial charge in [-0.1, -0.05) is 6.07 Å². The van der Waals surface area contributed by atoms with Gasteiger partial charge in [0.25, 0.3) is 0 Å². The van der Waals surface area contributed by atoms with Crippen LogP contribution in [-0.2, 0) is 16.1 Å². The van der Waals surface area contributed by atoms with Crippen LogP contribution in [0, 0.1) is 5.92 Å². The number of likely N-dealkylation sites (tertiary alicyclic amines) is 1. The van der Waals surface area contributed by atoms with E-state index in [4.69, 9.17) is 14.2 Å². The summed E-state index contributed by atoms with van der Waals surface area (Å²) >= 11 is 0. The number of likely N-dealkylation sites (N-methyl/N-ethyl adjacent to an activating group) is 1. The molecule has 3 rings (SSSR count). The first-order valence-electron chi connectivity index (χ1n) is 8.39. The van der Waals surface area contributed by atoms with E-state index >= 15 is 0 Å². The van der Waals surface area contributed by atoms with E-state index in [1.54, 1.807) is 14.2 Å². The van der Waals surface area contributed by atoms with Gasteiger partial charge < -0.3 is 19.1 Å². The quantitative estimate of drug-likeness (QED) is 0.833. The van der Waals surface area contributed by atoms with Crippen molar-refractivity contribution >= 4 is 5.91 Å². The zero-order chi connectivity index (χ0) is 17.1. The average molecular weight is 334 g/mol. The fraction of sp³-hybridized carbons (Fsp3) is 0.611. The molecule has 0 spiro atoms. The lowest BCUT2D eigenvalue weighted by molar-refractivity contribution is -0.134. The van der Waals surface area contributed by atoms with Gasteiger partial charge in [-0.2, -0.15) is 0 Å². The third kappa shape index (κ3) is 3.35. The fourth-order valence-corrected chi connectivity index (χ4v) is 3.71. The summed E-state index contributed by atoms with van der Waals surface area (Å²) in [5, 5.41) is 0. The van der Waals surface area contributed by atoms with Crippen molar-refractivity contribution in [3.05, 3.63) is 23.8 Å². The molecular formula is C18H26N2O4. The summed E-state index contributed by atoms with van der Waals surface area (Å²) in [6.07, 6.45) is 1.03. The van der Waals surface area contributed by atoms with Gasteiger partial charge in [0, 0.05) is 32.1 Å². The van der Waals surface area contributed by atoms with Gasteiger partial charge in [-0.25, -0.2) is 0 Å². The number of methoxy groups -OCH3 is 2. The van der Waals surface area contributed by atoms with Crippen LogP contribution in [0.2, 0.25) is 0 Å². The summed E-state index contributed by atoms with van der Waals surface area (Å²) in [6.45, 7) is 3.45. The molecule has 2 atom stereocenters. The second kappa shape index (κ2) is 7.40. The number of carbonyl (C=O) groups excluding carboxylic acids is 1.